The SMILES string of the molecule is CC(C)=CCn1c(Br)nc(C)c1C. The smallest absolute Gasteiger partial charge is 0.177 e. The number of nitrogens with zero attached hydrogens (tertiary/aromatic N) is 2. The molecule has 1 aromatic rings. The second-order valence-electron chi connectivity index (χ2n) is 3.44. The summed E-state index contributed by atoms with van der Waals surface area (Å²) in [4.78, 5) is 4.34. The predicted octanol–water partition coefficient (Wildman–Crippen LogP) is 3.23. The Morgan fingerprint density at radius 1 is 1.46 bits per heavy atom. The predicted molar refractivity (Wildman–Crippen MR) is 58.8 cm³/mol. The van der Waals surface area contributed by atoms with Crippen molar-refractivity contribution in [2.45, 2.75) is 34.2 Å². The summed E-state index contributed by atoms with van der Waals surface area (Å²) < 4.78 is 3.07. The number of hydrogen-bond donors (Lipinski definition) is 0. The minimum absolute atomic E-state index is 0.898. The Morgan fingerprint density at radius 2 is 2.08 bits per heavy atom. The Hall–Kier alpha value is -0.570. The van der Waals surface area contributed by atoms with Gasteiger partial charge in [-0.25, -0.2) is 4.98 Å². The number of rotatable bonds is 2. The molecule has 0 fully saturated rings. The largest absolute Gasteiger partial charge is 0.319 e. The van der Waals surface area contributed by atoms with Crippen molar-refractivity contribution in [1.82, 2.24) is 9.55 Å². The van der Waals surface area contributed by atoms with E-state index in [0.29, 0.717) is 0 Å². The number of imidazole rings is 1. The van der Waals surface area contributed by atoms with Crippen molar-refractivity contribution in [2.75, 3.05) is 0 Å². The van der Waals surface area contributed by atoms with E-state index < -0.39 is 0 Å². The van der Waals surface area contributed by atoms with Gasteiger partial charge in [0.05, 0.1) is 5.69 Å². The molecule has 0 atom stereocenters. The molecule has 0 bridgehead atoms. The highest BCUT2D eigenvalue weighted by Gasteiger charge is 2.06. The summed E-state index contributed by atoms with van der Waals surface area (Å²) in [6.07, 6.45) is 2.19. The molecule has 1 aromatic heterocycles. The van der Waals surface area contributed by atoms with E-state index in [4.69, 9.17) is 0 Å². The van der Waals surface area contributed by atoms with Gasteiger partial charge in [-0.2, -0.15) is 0 Å². The van der Waals surface area contributed by atoms with Gasteiger partial charge in [-0.3, -0.25) is 0 Å². The number of aryl methyl sites for hydroxylation is 1. The van der Waals surface area contributed by atoms with E-state index in [-0.39, 0.29) is 0 Å². The van der Waals surface area contributed by atoms with Crippen LogP contribution in [0.2, 0.25) is 0 Å². The van der Waals surface area contributed by atoms with E-state index in [1.807, 2.05) is 6.92 Å². The van der Waals surface area contributed by atoms with E-state index in [1.54, 1.807) is 0 Å². The first-order valence-electron chi connectivity index (χ1n) is 4.35. The van der Waals surface area contributed by atoms with Crippen molar-refractivity contribution in [3.05, 3.63) is 27.8 Å². The van der Waals surface area contributed by atoms with Crippen LogP contribution in [0.4, 0.5) is 0 Å². The molecule has 1 rings (SSSR count). The number of hydrogen-bond acceptors (Lipinski definition) is 1. The van der Waals surface area contributed by atoms with Crippen LogP contribution in [0.25, 0.3) is 0 Å². The normalized spacial score (nSPS) is 10.2. The van der Waals surface area contributed by atoms with Crippen LogP contribution in [0.15, 0.2) is 16.4 Å². The third kappa shape index (κ3) is 2.44. The zero-order valence-corrected chi connectivity index (χ0v) is 10.1. The summed E-state index contributed by atoms with van der Waals surface area (Å²) in [5, 5.41) is 0. The van der Waals surface area contributed by atoms with Gasteiger partial charge in [0.25, 0.3) is 0 Å². The van der Waals surface area contributed by atoms with E-state index in [1.165, 1.54) is 11.3 Å². The highest BCUT2D eigenvalue weighted by molar-refractivity contribution is 9.10. The molecule has 2 nitrogen and oxygen atoms in total. The number of aromatic nitrogens is 2. The van der Waals surface area contributed by atoms with Gasteiger partial charge < -0.3 is 4.57 Å². The van der Waals surface area contributed by atoms with E-state index in [9.17, 15) is 0 Å². The van der Waals surface area contributed by atoms with Crippen LogP contribution in [0, 0.1) is 13.8 Å². The quantitative estimate of drug-likeness (QED) is 0.729. The summed E-state index contributed by atoms with van der Waals surface area (Å²) in [6.45, 7) is 9.22. The molecule has 1 heterocycles. The van der Waals surface area contributed by atoms with Crippen molar-refractivity contribution in [2.24, 2.45) is 0 Å². The summed E-state index contributed by atoms with van der Waals surface area (Å²) in [7, 11) is 0. The van der Waals surface area contributed by atoms with Gasteiger partial charge >= 0.3 is 0 Å². The van der Waals surface area contributed by atoms with Crippen molar-refractivity contribution in [1.29, 1.82) is 0 Å². The Kier molecular flexibility index (Phi) is 3.31. The second kappa shape index (κ2) is 4.09. The standard InChI is InChI=1S/C10H15BrN2/c1-7(2)5-6-13-9(4)8(3)12-10(13)11/h5H,6H2,1-4H3. The third-order valence-electron chi connectivity index (χ3n) is 2.09. The fourth-order valence-electron chi connectivity index (χ4n) is 1.10. The van der Waals surface area contributed by atoms with Gasteiger partial charge in [-0.15, -0.1) is 0 Å². The fourth-order valence-corrected chi connectivity index (χ4v) is 1.78. The molecule has 0 amide bonds. The fraction of sp³-hybridized carbons (Fsp3) is 0.500. The van der Waals surface area contributed by atoms with Crippen molar-refractivity contribution in [3.8, 4) is 0 Å². The van der Waals surface area contributed by atoms with Gasteiger partial charge in [0.2, 0.25) is 0 Å². The maximum absolute atomic E-state index is 4.34. The molecule has 0 aromatic carbocycles. The van der Waals surface area contributed by atoms with Crippen LogP contribution < -0.4 is 0 Å². The minimum Gasteiger partial charge on any atom is -0.319 e. The molecule has 0 spiro atoms. The van der Waals surface area contributed by atoms with Gasteiger partial charge in [-0.1, -0.05) is 11.6 Å². The van der Waals surface area contributed by atoms with E-state index in [0.717, 1.165) is 17.0 Å². The average Bonchev–Trinajstić information content (AvgIpc) is 2.24. The molecular weight excluding hydrogens is 228 g/mol. The van der Waals surface area contributed by atoms with E-state index in [2.05, 4.69) is 52.3 Å². The van der Waals surface area contributed by atoms with Crippen LogP contribution in [0.5, 0.6) is 0 Å². The molecule has 0 aliphatic carbocycles. The molecular formula is C10H15BrN2. The lowest BCUT2D eigenvalue weighted by molar-refractivity contribution is 0.763. The monoisotopic (exact) mass is 242 g/mol. The molecule has 0 unspecified atom stereocenters. The lowest BCUT2D eigenvalue weighted by Crippen LogP contribution is -1.98. The summed E-state index contributed by atoms with van der Waals surface area (Å²) in [5.41, 5.74) is 3.65. The molecule has 0 saturated heterocycles. The van der Waals surface area contributed by atoms with Crippen molar-refractivity contribution < 1.29 is 0 Å². The highest BCUT2D eigenvalue weighted by atomic mass is 79.9. The molecule has 13 heavy (non-hydrogen) atoms. The maximum atomic E-state index is 4.34. The van der Waals surface area contributed by atoms with Crippen LogP contribution in [0.3, 0.4) is 0 Å². The average molecular weight is 243 g/mol. The number of halogens is 1. The van der Waals surface area contributed by atoms with Gasteiger partial charge in [-0.05, 0) is 43.6 Å². The van der Waals surface area contributed by atoms with Crippen molar-refractivity contribution >= 4 is 15.9 Å². The molecule has 0 aliphatic heterocycles. The summed E-state index contributed by atoms with van der Waals surface area (Å²) >= 11 is 3.44. The maximum Gasteiger partial charge on any atom is 0.177 e. The number of allylic oxidation sites excluding steroid dienone is 2. The first-order valence-corrected chi connectivity index (χ1v) is 5.14. The van der Waals surface area contributed by atoms with Gasteiger partial charge in [0.1, 0.15) is 0 Å². The Balaban J connectivity index is 2.94. The first-order chi connectivity index (χ1) is 6.02. The van der Waals surface area contributed by atoms with Crippen LogP contribution >= 0.6 is 15.9 Å². The first kappa shape index (κ1) is 10.5. The third-order valence-corrected chi connectivity index (χ3v) is 2.70. The highest BCUT2D eigenvalue weighted by Crippen LogP contribution is 2.15. The topological polar surface area (TPSA) is 17.8 Å². The molecule has 3 heteroatoms. The second-order valence-corrected chi connectivity index (χ2v) is 4.15. The zero-order valence-electron chi connectivity index (χ0n) is 8.56. The molecule has 72 valence electrons. The molecule has 0 aliphatic rings. The van der Waals surface area contributed by atoms with Crippen LogP contribution in [-0.4, -0.2) is 9.55 Å². The molecule has 0 radical (unpaired) electrons. The van der Waals surface area contributed by atoms with Crippen LogP contribution in [-0.2, 0) is 6.54 Å². The Labute approximate surface area is 87.8 Å². The molecule has 0 saturated carbocycles. The van der Waals surface area contributed by atoms with Crippen LogP contribution in [0.1, 0.15) is 25.2 Å². The van der Waals surface area contributed by atoms with Gasteiger partial charge in [0.15, 0.2) is 4.73 Å². The summed E-state index contributed by atoms with van der Waals surface area (Å²) in [6, 6.07) is 0. The Morgan fingerprint density at radius 3 is 2.46 bits per heavy atom. The zero-order chi connectivity index (χ0) is 10.0. The summed E-state index contributed by atoms with van der Waals surface area (Å²) in [5.74, 6) is 0. The molecule has 0 N–H and O–H groups in total. The Bertz CT molecular complexity index is 333. The minimum atomic E-state index is 0.898. The van der Waals surface area contributed by atoms with E-state index >= 15 is 0 Å². The lowest BCUT2D eigenvalue weighted by atomic mass is 10.3. The van der Waals surface area contributed by atoms with Crippen molar-refractivity contribution in [3.63, 3.8) is 0 Å². The van der Waals surface area contributed by atoms with Gasteiger partial charge in [0, 0.05) is 12.2 Å². The lowest BCUT2D eigenvalue weighted by Gasteiger charge is -2.03.